The molecule has 0 amide bonds. The van der Waals surface area contributed by atoms with Crippen molar-refractivity contribution in [1.29, 1.82) is 0 Å². The molecule has 0 rings (SSSR count). The monoisotopic (exact) mass is 328 g/mol. The minimum Gasteiger partial charge on any atom is -0.301 e. The minimum absolute atomic E-state index is 0.511. The standard InChI is InChI=1S/C12H26BrO3P/c1-3-5-7-9-11-15-17(13,14)16-12-10-8-6-4-2/h3-12H2,1-2H3. The molecule has 0 bridgehead atoms. The zero-order valence-electron chi connectivity index (χ0n) is 11.1. The Labute approximate surface area is 114 Å². The quantitative estimate of drug-likeness (QED) is 0.341. The maximum absolute atomic E-state index is 11.8. The van der Waals surface area contributed by atoms with E-state index < -0.39 is 6.30 Å². The van der Waals surface area contributed by atoms with Crippen LogP contribution < -0.4 is 0 Å². The van der Waals surface area contributed by atoms with Gasteiger partial charge in [-0.25, -0.2) is 4.57 Å². The molecule has 0 aliphatic heterocycles. The fourth-order valence-electron chi connectivity index (χ4n) is 1.44. The predicted molar refractivity (Wildman–Crippen MR) is 76.7 cm³/mol. The number of halogens is 1. The normalized spacial score (nSPS) is 11.9. The van der Waals surface area contributed by atoms with Crippen molar-refractivity contribution < 1.29 is 13.6 Å². The highest BCUT2D eigenvalue weighted by Crippen LogP contribution is 2.56. The van der Waals surface area contributed by atoms with Gasteiger partial charge >= 0.3 is 6.30 Å². The van der Waals surface area contributed by atoms with Crippen molar-refractivity contribution in [1.82, 2.24) is 0 Å². The van der Waals surface area contributed by atoms with Gasteiger partial charge in [-0.15, -0.1) is 0 Å². The molecule has 3 nitrogen and oxygen atoms in total. The zero-order chi connectivity index (χ0) is 13.0. The first-order valence-corrected chi connectivity index (χ1v) is 10.3. The average molecular weight is 329 g/mol. The Morgan fingerprint density at radius 2 is 1.24 bits per heavy atom. The van der Waals surface area contributed by atoms with Crippen molar-refractivity contribution in [3.8, 4) is 0 Å². The van der Waals surface area contributed by atoms with Crippen LogP contribution in [-0.4, -0.2) is 13.2 Å². The molecule has 5 heteroatoms. The lowest BCUT2D eigenvalue weighted by molar-refractivity contribution is 0.214. The second-order valence-corrected chi connectivity index (χ2v) is 8.20. The van der Waals surface area contributed by atoms with Crippen molar-refractivity contribution in [3.63, 3.8) is 0 Å². The molecule has 0 aliphatic rings. The Kier molecular flexibility index (Phi) is 12.1. The summed E-state index contributed by atoms with van der Waals surface area (Å²) >= 11 is 3.03. The fourth-order valence-corrected chi connectivity index (χ4v) is 3.08. The summed E-state index contributed by atoms with van der Waals surface area (Å²) in [5.41, 5.74) is 0. The molecule has 0 aromatic carbocycles. The first-order chi connectivity index (χ1) is 8.12. The second-order valence-electron chi connectivity index (χ2n) is 4.22. The van der Waals surface area contributed by atoms with Gasteiger partial charge in [0.25, 0.3) is 0 Å². The Balaban J connectivity index is 3.42. The van der Waals surface area contributed by atoms with E-state index >= 15 is 0 Å². The highest BCUT2D eigenvalue weighted by molar-refractivity contribution is 9.39. The van der Waals surface area contributed by atoms with Gasteiger partial charge in [0.05, 0.1) is 13.2 Å². The van der Waals surface area contributed by atoms with E-state index in [0.717, 1.165) is 25.7 Å². The molecule has 0 saturated heterocycles. The van der Waals surface area contributed by atoms with Gasteiger partial charge in [-0.2, -0.15) is 0 Å². The van der Waals surface area contributed by atoms with E-state index in [4.69, 9.17) is 9.05 Å². The predicted octanol–water partition coefficient (Wildman–Crippen LogP) is 5.68. The maximum Gasteiger partial charge on any atom is 0.396 e. The van der Waals surface area contributed by atoms with E-state index in [0.29, 0.717) is 13.2 Å². The van der Waals surface area contributed by atoms with Crippen LogP contribution in [-0.2, 0) is 13.6 Å². The molecule has 0 N–H and O–H groups in total. The lowest BCUT2D eigenvalue weighted by Crippen LogP contribution is -1.95. The highest BCUT2D eigenvalue weighted by Gasteiger charge is 2.18. The van der Waals surface area contributed by atoms with Crippen molar-refractivity contribution in [3.05, 3.63) is 0 Å². The molecule has 0 saturated carbocycles. The van der Waals surface area contributed by atoms with Gasteiger partial charge in [-0.05, 0) is 12.8 Å². The summed E-state index contributed by atoms with van der Waals surface area (Å²) in [6.45, 7) is 5.35. The molecular formula is C12H26BrO3P. The summed E-state index contributed by atoms with van der Waals surface area (Å²) in [6, 6.07) is 0. The van der Waals surface area contributed by atoms with E-state index in [-0.39, 0.29) is 0 Å². The number of hydrogen-bond donors (Lipinski definition) is 0. The third-order valence-electron chi connectivity index (χ3n) is 2.49. The molecule has 0 aliphatic carbocycles. The molecule has 17 heavy (non-hydrogen) atoms. The first kappa shape index (κ1) is 17.6. The van der Waals surface area contributed by atoms with Crippen LogP contribution in [0.4, 0.5) is 0 Å². The van der Waals surface area contributed by atoms with Crippen LogP contribution in [0.3, 0.4) is 0 Å². The SMILES string of the molecule is CCCCCCOP(=O)(Br)OCCCCCC. The fraction of sp³-hybridized carbons (Fsp3) is 1.00. The van der Waals surface area contributed by atoms with Crippen molar-refractivity contribution >= 4 is 21.8 Å². The molecule has 0 aromatic rings. The van der Waals surface area contributed by atoms with Crippen LogP contribution in [0.25, 0.3) is 0 Å². The van der Waals surface area contributed by atoms with E-state index in [1.54, 1.807) is 0 Å². The summed E-state index contributed by atoms with van der Waals surface area (Å²) < 4.78 is 22.2. The van der Waals surface area contributed by atoms with E-state index in [9.17, 15) is 4.57 Å². The molecule has 0 unspecified atom stereocenters. The number of unbranched alkanes of at least 4 members (excludes halogenated alkanes) is 6. The molecule has 0 heterocycles. The lowest BCUT2D eigenvalue weighted by atomic mass is 10.2. The van der Waals surface area contributed by atoms with E-state index in [1.165, 1.54) is 25.7 Å². The van der Waals surface area contributed by atoms with Crippen LogP contribution in [0.15, 0.2) is 0 Å². The van der Waals surface area contributed by atoms with Crippen molar-refractivity contribution in [2.45, 2.75) is 65.2 Å². The minimum atomic E-state index is -2.98. The summed E-state index contributed by atoms with van der Waals surface area (Å²) in [5, 5.41) is 0. The summed E-state index contributed by atoms with van der Waals surface area (Å²) in [5.74, 6) is 0. The highest BCUT2D eigenvalue weighted by atomic mass is 79.9. The smallest absolute Gasteiger partial charge is 0.301 e. The summed E-state index contributed by atoms with van der Waals surface area (Å²) in [4.78, 5) is 0. The van der Waals surface area contributed by atoms with Gasteiger partial charge in [0.15, 0.2) is 0 Å². The Morgan fingerprint density at radius 3 is 1.59 bits per heavy atom. The molecule has 0 spiro atoms. The molecular weight excluding hydrogens is 303 g/mol. The first-order valence-electron chi connectivity index (χ1n) is 6.71. The Hall–Kier alpha value is 0.630. The third-order valence-corrected chi connectivity index (χ3v) is 4.70. The summed E-state index contributed by atoms with van der Waals surface area (Å²) in [6.07, 6.45) is 5.96. The molecule has 104 valence electrons. The third kappa shape index (κ3) is 12.9. The maximum atomic E-state index is 11.8. The van der Waals surface area contributed by atoms with Crippen molar-refractivity contribution in [2.24, 2.45) is 0 Å². The van der Waals surface area contributed by atoms with Crippen LogP contribution in [0.2, 0.25) is 0 Å². The van der Waals surface area contributed by atoms with Gasteiger partial charge in [0, 0.05) is 15.5 Å². The van der Waals surface area contributed by atoms with Crippen LogP contribution >= 0.6 is 21.8 Å². The summed E-state index contributed by atoms with van der Waals surface area (Å²) in [7, 11) is 0. The average Bonchev–Trinajstić information content (AvgIpc) is 2.28. The van der Waals surface area contributed by atoms with E-state index in [1.807, 2.05) is 0 Å². The van der Waals surface area contributed by atoms with Gasteiger partial charge in [0.2, 0.25) is 0 Å². The number of rotatable bonds is 12. The van der Waals surface area contributed by atoms with Crippen LogP contribution in [0.5, 0.6) is 0 Å². The lowest BCUT2D eigenvalue weighted by Gasteiger charge is -2.12. The number of hydrogen-bond acceptors (Lipinski definition) is 3. The van der Waals surface area contributed by atoms with Crippen molar-refractivity contribution in [2.75, 3.05) is 13.2 Å². The van der Waals surface area contributed by atoms with E-state index in [2.05, 4.69) is 29.3 Å². The van der Waals surface area contributed by atoms with Gasteiger partial charge in [-0.3, -0.25) is 0 Å². The molecule has 0 radical (unpaired) electrons. The van der Waals surface area contributed by atoms with Gasteiger partial charge in [-0.1, -0.05) is 52.4 Å². The molecule has 0 aromatic heterocycles. The van der Waals surface area contributed by atoms with Gasteiger partial charge in [0.1, 0.15) is 0 Å². The van der Waals surface area contributed by atoms with Crippen LogP contribution in [0.1, 0.15) is 65.2 Å². The molecule has 0 fully saturated rings. The topological polar surface area (TPSA) is 35.5 Å². The van der Waals surface area contributed by atoms with Crippen LogP contribution in [0, 0.1) is 0 Å². The molecule has 0 atom stereocenters. The Morgan fingerprint density at radius 1 is 0.824 bits per heavy atom. The van der Waals surface area contributed by atoms with Gasteiger partial charge < -0.3 is 9.05 Å². The zero-order valence-corrected chi connectivity index (χ0v) is 13.6. The largest absolute Gasteiger partial charge is 0.396 e. The Bertz CT molecular complexity index is 194. The second kappa shape index (κ2) is 11.7.